The van der Waals surface area contributed by atoms with E-state index in [4.69, 9.17) is 11.6 Å². The van der Waals surface area contributed by atoms with E-state index in [9.17, 15) is 4.79 Å². The summed E-state index contributed by atoms with van der Waals surface area (Å²) in [6, 6.07) is 0. The van der Waals surface area contributed by atoms with Gasteiger partial charge in [-0.3, -0.25) is 0 Å². The van der Waals surface area contributed by atoms with Crippen molar-refractivity contribution >= 4 is 16.8 Å². The maximum atomic E-state index is 10.4. The number of halogens is 2. The van der Waals surface area contributed by atoms with Crippen molar-refractivity contribution in [3.63, 3.8) is 0 Å². The summed E-state index contributed by atoms with van der Waals surface area (Å²) >= 11 is 5.01. The van der Waals surface area contributed by atoms with Crippen LogP contribution in [-0.4, -0.2) is 5.24 Å². The van der Waals surface area contributed by atoms with Crippen molar-refractivity contribution in [1.82, 2.24) is 3.53 Å². The van der Waals surface area contributed by atoms with Gasteiger partial charge in [-0.25, -0.2) is 0 Å². The number of rotatable bonds is 1. The monoisotopic (exact) mass is 256 g/mol. The van der Waals surface area contributed by atoms with Crippen LogP contribution in [0.2, 0.25) is 0 Å². The number of hydrogen-bond donors (Lipinski definition) is 1. The topological polar surface area (TPSA) is 29.1 Å². The second-order valence-electron chi connectivity index (χ2n) is 1.38. The average Bonchev–Trinajstić information content (AvgIpc) is 1.90. The summed E-state index contributed by atoms with van der Waals surface area (Å²) in [7, 11) is 0. The molecule has 1 rings (SSSR count). The SMILES string of the molecule is O=C(Cl)C1=CC=C[I-]N1. The van der Waals surface area contributed by atoms with Crippen molar-refractivity contribution in [3.8, 4) is 0 Å². The number of allylic oxidation sites excluding steroid dienone is 3. The predicted octanol–water partition coefficient (Wildman–Crippen LogP) is -2.24. The first-order valence-electron chi connectivity index (χ1n) is 2.26. The van der Waals surface area contributed by atoms with E-state index in [-0.39, 0.29) is 21.5 Å². The molecule has 2 nitrogen and oxygen atoms in total. The van der Waals surface area contributed by atoms with Crippen LogP contribution in [0.3, 0.4) is 0 Å². The van der Waals surface area contributed by atoms with E-state index in [1.807, 2.05) is 10.2 Å². The zero-order valence-corrected chi connectivity index (χ0v) is 7.31. The van der Waals surface area contributed by atoms with E-state index in [0.29, 0.717) is 5.70 Å². The van der Waals surface area contributed by atoms with Crippen molar-refractivity contribution in [2.75, 3.05) is 0 Å². The van der Waals surface area contributed by atoms with Gasteiger partial charge in [-0.05, 0) is 0 Å². The Morgan fingerprint density at radius 1 is 1.78 bits per heavy atom. The minimum absolute atomic E-state index is 0.163. The summed E-state index contributed by atoms with van der Waals surface area (Å²) in [5.41, 5.74) is 0.520. The van der Waals surface area contributed by atoms with Crippen LogP contribution in [0, 0.1) is 0 Å². The van der Waals surface area contributed by atoms with Crippen molar-refractivity contribution in [2.24, 2.45) is 0 Å². The first-order chi connectivity index (χ1) is 4.30. The molecule has 0 unspecified atom stereocenters. The first-order valence-corrected chi connectivity index (χ1v) is 4.96. The normalized spacial score (nSPS) is 17.2. The fourth-order valence-electron chi connectivity index (χ4n) is 0.393. The molecule has 0 spiro atoms. The summed E-state index contributed by atoms with van der Waals surface area (Å²) < 4.78 is 4.94. The third kappa shape index (κ3) is 1.98. The molecule has 0 aliphatic carbocycles. The summed E-state index contributed by atoms with van der Waals surface area (Å²) in [6.07, 6.45) is 3.53. The Hall–Kier alpha value is -0.0300. The molecule has 1 heterocycles. The number of hydrogen-bond acceptors (Lipinski definition) is 2. The van der Waals surface area contributed by atoms with E-state index in [1.165, 1.54) is 0 Å². The van der Waals surface area contributed by atoms with Gasteiger partial charge in [0.05, 0.1) is 0 Å². The van der Waals surface area contributed by atoms with Gasteiger partial charge >= 0.3 is 68.6 Å². The molecule has 0 aromatic heterocycles. The predicted molar refractivity (Wildman–Crippen MR) is 31.2 cm³/mol. The van der Waals surface area contributed by atoms with Crippen LogP contribution >= 0.6 is 11.6 Å². The van der Waals surface area contributed by atoms with Gasteiger partial charge in [-0.1, -0.05) is 0 Å². The maximum absolute atomic E-state index is 10.4. The van der Waals surface area contributed by atoms with Gasteiger partial charge in [0.1, 0.15) is 0 Å². The number of carbonyl (C=O) groups excluding carboxylic acids is 1. The Morgan fingerprint density at radius 3 is 2.89 bits per heavy atom. The number of carbonyl (C=O) groups is 1. The van der Waals surface area contributed by atoms with Crippen LogP contribution in [0.4, 0.5) is 0 Å². The molecule has 4 heteroatoms. The van der Waals surface area contributed by atoms with Crippen LogP contribution in [0.25, 0.3) is 0 Å². The van der Waals surface area contributed by atoms with E-state index >= 15 is 0 Å². The Kier molecular flexibility index (Phi) is 2.53. The van der Waals surface area contributed by atoms with Gasteiger partial charge < -0.3 is 0 Å². The summed E-state index contributed by atoms with van der Waals surface area (Å²) in [4.78, 5) is 10.4. The van der Waals surface area contributed by atoms with Crippen molar-refractivity contribution in [2.45, 2.75) is 0 Å². The Morgan fingerprint density at radius 2 is 2.56 bits per heavy atom. The fraction of sp³-hybridized carbons (Fsp3) is 0. The molecule has 50 valence electrons. The van der Waals surface area contributed by atoms with Crippen LogP contribution in [0.15, 0.2) is 21.9 Å². The Bertz CT molecular complexity index is 187. The van der Waals surface area contributed by atoms with Crippen molar-refractivity contribution in [1.29, 1.82) is 0 Å². The summed E-state index contributed by atoms with van der Waals surface area (Å²) in [5, 5.41) is -0.404. The molecule has 0 atom stereocenters. The molecule has 0 saturated carbocycles. The second-order valence-corrected chi connectivity index (χ2v) is 3.60. The van der Waals surface area contributed by atoms with E-state index in [2.05, 4.69) is 3.53 Å². The Balaban J connectivity index is 2.68. The molecule has 0 fully saturated rings. The van der Waals surface area contributed by atoms with Crippen molar-refractivity contribution in [3.05, 3.63) is 21.9 Å². The summed E-state index contributed by atoms with van der Waals surface area (Å²) in [5.74, 6) is 0. The van der Waals surface area contributed by atoms with Crippen LogP contribution < -0.4 is 25.0 Å². The fourth-order valence-corrected chi connectivity index (χ4v) is 2.02. The third-order valence-electron chi connectivity index (χ3n) is 0.767. The zero-order valence-electron chi connectivity index (χ0n) is 4.40. The molecular weight excluding hydrogens is 252 g/mol. The molecule has 0 saturated heterocycles. The third-order valence-corrected chi connectivity index (χ3v) is 2.64. The molecule has 1 aliphatic heterocycles. The molecule has 1 N–H and O–H groups in total. The molecule has 1 aliphatic rings. The Labute approximate surface area is 68.6 Å². The van der Waals surface area contributed by atoms with Gasteiger partial charge in [0.15, 0.2) is 0 Å². The van der Waals surface area contributed by atoms with Crippen molar-refractivity contribution < 1.29 is 26.3 Å². The van der Waals surface area contributed by atoms with Crippen LogP contribution in [0.5, 0.6) is 0 Å². The van der Waals surface area contributed by atoms with Gasteiger partial charge in [0.2, 0.25) is 0 Å². The average molecular weight is 256 g/mol. The molecule has 0 radical (unpaired) electrons. The van der Waals surface area contributed by atoms with Gasteiger partial charge in [0.25, 0.3) is 0 Å². The minimum atomic E-state index is -0.404. The van der Waals surface area contributed by atoms with Gasteiger partial charge in [-0.15, -0.1) is 0 Å². The second kappa shape index (κ2) is 3.22. The standard InChI is InChI=1S/C5H4ClINO/c6-5(9)4-2-1-3-7-8-4/h1-3,8H/q-1. The van der Waals surface area contributed by atoms with E-state index in [0.717, 1.165) is 0 Å². The number of nitrogens with one attached hydrogen (secondary N) is 1. The van der Waals surface area contributed by atoms with Gasteiger partial charge in [-0.2, -0.15) is 0 Å². The molecule has 0 aromatic carbocycles. The molecule has 0 amide bonds. The quantitative estimate of drug-likeness (QED) is 0.326. The van der Waals surface area contributed by atoms with Crippen LogP contribution in [-0.2, 0) is 4.79 Å². The molecule has 0 bridgehead atoms. The molecular formula is C5H4ClINO-. The molecule has 9 heavy (non-hydrogen) atoms. The van der Waals surface area contributed by atoms with Crippen LogP contribution in [0.1, 0.15) is 0 Å². The molecule has 0 aromatic rings. The van der Waals surface area contributed by atoms with Gasteiger partial charge in [0, 0.05) is 0 Å². The first kappa shape index (κ1) is 7.08. The van der Waals surface area contributed by atoms with E-state index in [1.54, 1.807) is 6.08 Å². The van der Waals surface area contributed by atoms with E-state index < -0.39 is 5.24 Å². The zero-order chi connectivity index (χ0) is 6.69. The summed E-state index contributed by atoms with van der Waals surface area (Å²) in [6.45, 7) is 0.